The number of rotatable bonds is 2. The van der Waals surface area contributed by atoms with Crippen LogP contribution in [0, 0.1) is 0 Å². The molecule has 5 heteroatoms. The molecule has 2 N–H and O–H groups in total. The number of fused-ring (bicyclic) bond motifs is 3. The smallest absolute Gasteiger partial charge is 0.222 e. The Balaban J connectivity index is 1.48. The van der Waals surface area contributed by atoms with Crippen molar-refractivity contribution < 1.29 is 0 Å². The first-order chi connectivity index (χ1) is 12.8. The summed E-state index contributed by atoms with van der Waals surface area (Å²) < 4.78 is 0. The number of likely N-dealkylation sites (tertiary alicyclic amines) is 1. The Hall–Kier alpha value is -2.14. The molecule has 0 radical (unpaired) electrons. The summed E-state index contributed by atoms with van der Waals surface area (Å²) >= 11 is 0. The zero-order chi connectivity index (χ0) is 17.5. The van der Waals surface area contributed by atoms with Gasteiger partial charge in [-0.05, 0) is 57.2 Å². The minimum atomic E-state index is 0.403. The molecule has 1 aliphatic carbocycles. The third-order valence-electron chi connectivity index (χ3n) is 6.32. The average Bonchev–Trinajstić information content (AvgIpc) is 2.80. The van der Waals surface area contributed by atoms with Crippen molar-refractivity contribution >= 4 is 11.8 Å². The van der Waals surface area contributed by atoms with Crippen LogP contribution in [0.25, 0.3) is 11.3 Å². The summed E-state index contributed by atoms with van der Waals surface area (Å²) in [6, 6.07) is 9.39. The Morgan fingerprint density at radius 2 is 1.73 bits per heavy atom. The molecule has 3 heterocycles. The molecule has 5 nitrogen and oxygen atoms in total. The highest BCUT2D eigenvalue weighted by atomic mass is 15.3. The van der Waals surface area contributed by atoms with Crippen LogP contribution >= 0.6 is 0 Å². The minimum absolute atomic E-state index is 0.403. The molecule has 2 aromatic rings. The molecule has 0 bridgehead atoms. The molecule has 136 valence electrons. The third-order valence-corrected chi connectivity index (χ3v) is 6.32. The molecular weight excluding hydrogens is 322 g/mol. The summed E-state index contributed by atoms with van der Waals surface area (Å²) in [5.41, 5.74) is 11.1. The van der Waals surface area contributed by atoms with Crippen LogP contribution in [0.5, 0.6) is 0 Å². The highest BCUT2D eigenvalue weighted by Crippen LogP contribution is 2.37. The molecule has 2 fully saturated rings. The molecule has 0 unspecified atom stereocenters. The molecule has 26 heavy (non-hydrogen) atoms. The summed E-state index contributed by atoms with van der Waals surface area (Å²) in [6.45, 7) is 4.73. The van der Waals surface area contributed by atoms with Crippen LogP contribution < -0.4 is 10.6 Å². The second-order valence-electron chi connectivity index (χ2n) is 7.85. The summed E-state index contributed by atoms with van der Waals surface area (Å²) in [4.78, 5) is 14.5. The van der Waals surface area contributed by atoms with Crippen molar-refractivity contribution in [3.63, 3.8) is 0 Å². The van der Waals surface area contributed by atoms with E-state index in [4.69, 9.17) is 10.7 Å². The van der Waals surface area contributed by atoms with Gasteiger partial charge < -0.3 is 15.5 Å². The maximum absolute atomic E-state index is 6.15. The maximum Gasteiger partial charge on any atom is 0.222 e. The number of aromatic nitrogens is 2. The summed E-state index contributed by atoms with van der Waals surface area (Å²) in [5.74, 6) is 1.49. The van der Waals surface area contributed by atoms with E-state index in [-0.39, 0.29) is 0 Å². The van der Waals surface area contributed by atoms with Gasteiger partial charge in [-0.15, -0.1) is 0 Å². The van der Waals surface area contributed by atoms with Gasteiger partial charge in [0.15, 0.2) is 0 Å². The lowest BCUT2D eigenvalue weighted by molar-refractivity contribution is 0.1000. The lowest BCUT2D eigenvalue weighted by atomic mass is 9.98. The van der Waals surface area contributed by atoms with E-state index in [1.54, 1.807) is 0 Å². The first-order valence-electron chi connectivity index (χ1n) is 10.0. The first kappa shape index (κ1) is 16.1. The predicted molar refractivity (Wildman–Crippen MR) is 105 cm³/mol. The van der Waals surface area contributed by atoms with Crippen molar-refractivity contribution in [1.82, 2.24) is 14.9 Å². The van der Waals surface area contributed by atoms with Gasteiger partial charge in [0.25, 0.3) is 0 Å². The highest BCUT2D eigenvalue weighted by Gasteiger charge is 2.30. The zero-order valence-electron chi connectivity index (χ0n) is 15.3. The topological polar surface area (TPSA) is 58.3 Å². The molecule has 0 spiro atoms. The molecule has 0 atom stereocenters. The standard InChI is InChI=1S/C21H27N5/c22-21-23-19-17-7-2-1-5-15(17)6-3-8-18(19)20(24-21)26-13-9-16(10-14-26)25-11-4-12-25/h1-2,5,7,16H,3-4,6,8-14H2,(H2,22,23,24). The zero-order valence-corrected chi connectivity index (χ0v) is 15.3. The van der Waals surface area contributed by atoms with Crippen LogP contribution in [0.4, 0.5) is 11.8 Å². The molecule has 2 saturated heterocycles. The normalized spacial score (nSPS) is 20.8. The van der Waals surface area contributed by atoms with Crippen LogP contribution in [-0.2, 0) is 12.8 Å². The number of aryl methyl sites for hydroxylation is 1. The SMILES string of the molecule is Nc1nc2c(c(N3CCC(N4CCC4)CC3)n1)CCCc1ccccc1-2. The highest BCUT2D eigenvalue weighted by molar-refractivity contribution is 5.74. The molecule has 2 aliphatic heterocycles. The van der Waals surface area contributed by atoms with Gasteiger partial charge in [-0.25, -0.2) is 4.98 Å². The van der Waals surface area contributed by atoms with Gasteiger partial charge in [-0.1, -0.05) is 24.3 Å². The van der Waals surface area contributed by atoms with Crippen LogP contribution in [-0.4, -0.2) is 47.1 Å². The molecule has 3 aliphatic rings. The van der Waals surface area contributed by atoms with Crippen LogP contribution in [0.3, 0.4) is 0 Å². The Labute approximate surface area is 155 Å². The van der Waals surface area contributed by atoms with Crippen molar-refractivity contribution in [1.29, 1.82) is 0 Å². The fourth-order valence-electron chi connectivity index (χ4n) is 4.78. The van der Waals surface area contributed by atoms with Gasteiger partial charge in [0.05, 0.1) is 5.69 Å². The van der Waals surface area contributed by atoms with E-state index in [1.807, 2.05) is 0 Å². The summed E-state index contributed by atoms with van der Waals surface area (Å²) in [7, 11) is 0. The third kappa shape index (κ3) is 2.75. The number of nitrogens with two attached hydrogens (primary N) is 1. The van der Waals surface area contributed by atoms with E-state index in [2.05, 4.69) is 39.0 Å². The number of piperidine rings is 1. The van der Waals surface area contributed by atoms with Gasteiger partial charge in [0.2, 0.25) is 5.95 Å². The van der Waals surface area contributed by atoms with Crippen molar-refractivity contribution in [2.75, 3.05) is 36.8 Å². The van der Waals surface area contributed by atoms with Crippen molar-refractivity contribution in [3.05, 3.63) is 35.4 Å². The largest absolute Gasteiger partial charge is 0.368 e. The van der Waals surface area contributed by atoms with Crippen molar-refractivity contribution in [2.24, 2.45) is 0 Å². The minimum Gasteiger partial charge on any atom is -0.368 e. The maximum atomic E-state index is 6.15. The Kier molecular flexibility index (Phi) is 4.04. The van der Waals surface area contributed by atoms with Crippen molar-refractivity contribution in [3.8, 4) is 11.3 Å². The predicted octanol–water partition coefficient (Wildman–Crippen LogP) is 2.89. The quantitative estimate of drug-likeness (QED) is 0.903. The van der Waals surface area contributed by atoms with Gasteiger partial charge in [0, 0.05) is 30.3 Å². The monoisotopic (exact) mass is 349 g/mol. The molecule has 5 rings (SSSR count). The van der Waals surface area contributed by atoms with E-state index in [0.29, 0.717) is 5.95 Å². The Morgan fingerprint density at radius 1 is 0.923 bits per heavy atom. The molecule has 0 amide bonds. The number of nitrogens with zero attached hydrogens (tertiary/aromatic N) is 4. The van der Waals surface area contributed by atoms with E-state index in [1.165, 1.54) is 49.0 Å². The van der Waals surface area contributed by atoms with Gasteiger partial charge in [-0.2, -0.15) is 4.98 Å². The number of benzene rings is 1. The molecule has 1 aromatic carbocycles. The van der Waals surface area contributed by atoms with Crippen LogP contribution in [0.1, 0.15) is 36.8 Å². The van der Waals surface area contributed by atoms with Gasteiger partial charge in [-0.3, -0.25) is 0 Å². The second kappa shape index (κ2) is 6.54. The lowest BCUT2D eigenvalue weighted by Gasteiger charge is -2.43. The second-order valence-corrected chi connectivity index (χ2v) is 7.85. The molecule has 0 saturated carbocycles. The summed E-state index contributed by atoms with van der Waals surface area (Å²) in [6.07, 6.45) is 7.11. The Morgan fingerprint density at radius 3 is 2.50 bits per heavy atom. The van der Waals surface area contributed by atoms with Crippen LogP contribution in [0.2, 0.25) is 0 Å². The van der Waals surface area contributed by atoms with Crippen LogP contribution in [0.15, 0.2) is 24.3 Å². The number of nitrogen functional groups attached to an aromatic ring is 1. The number of hydrogen-bond acceptors (Lipinski definition) is 5. The van der Waals surface area contributed by atoms with Gasteiger partial charge in [0.1, 0.15) is 5.82 Å². The number of hydrogen-bond donors (Lipinski definition) is 1. The molecular formula is C21H27N5. The Bertz CT molecular complexity index is 806. The lowest BCUT2D eigenvalue weighted by Crippen LogP contribution is -2.50. The van der Waals surface area contributed by atoms with Gasteiger partial charge >= 0.3 is 0 Å². The van der Waals surface area contributed by atoms with E-state index < -0.39 is 0 Å². The number of anilines is 2. The first-order valence-corrected chi connectivity index (χ1v) is 10.0. The van der Waals surface area contributed by atoms with E-state index >= 15 is 0 Å². The fraction of sp³-hybridized carbons (Fsp3) is 0.524. The average molecular weight is 349 g/mol. The van der Waals surface area contributed by atoms with E-state index in [0.717, 1.165) is 49.9 Å². The van der Waals surface area contributed by atoms with Crippen molar-refractivity contribution in [2.45, 2.75) is 44.6 Å². The van der Waals surface area contributed by atoms with E-state index in [9.17, 15) is 0 Å². The molecule has 1 aromatic heterocycles. The fourth-order valence-corrected chi connectivity index (χ4v) is 4.78. The summed E-state index contributed by atoms with van der Waals surface area (Å²) in [5, 5.41) is 0.